The fourth-order valence-electron chi connectivity index (χ4n) is 4.94. The number of nitro benzene ring substituents is 1. The van der Waals surface area contributed by atoms with Gasteiger partial charge in [0.1, 0.15) is 18.4 Å². The number of esters is 1. The Morgan fingerprint density at radius 1 is 1.09 bits per heavy atom. The number of non-ortho nitro benzene ring substituents is 1. The molecular formula is C33H24ClN3O6S2. The first-order chi connectivity index (χ1) is 21.8. The van der Waals surface area contributed by atoms with Gasteiger partial charge in [0.05, 0.1) is 27.3 Å². The zero-order valence-corrected chi connectivity index (χ0v) is 26.1. The van der Waals surface area contributed by atoms with E-state index in [9.17, 15) is 19.7 Å². The fraction of sp³-hybridized carbons (Fsp3) is 0.121. The summed E-state index contributed by atoms with van der Waals surface area (Å²) in [5, 5.41) is 13.3. The molecule has 0 unspecified atom stereocenters. The Kier molecular flexibility index (Phi) is 8.74. The molecule has 0 aliphatic carbocycles. The predicted octanol–water partition coefficient (Wildman–Crippen LogP) is 6.14. The molecule has 9 nitrogen and oxygen atoms in total. The van der Waals surface area contributed by atoms with Gasteiger partial charge in [-0.1, -0.05) is 59.3 Å². The van der Waals surface area contributed by atoms with E-state index in [2.05, 4.69) is 0 Å². The van der Waals surface area contributed by atoms with Crippen LogP contribution < -0.4 is 19.6 Å². The summed E-state index contributed by atoms with van der Waals surface area (Å²) < 4.78 is 13.5. The number of hydrogen-bond acceptors (Lipinski definition) is 9. The molecule has 1 aliphatic heterocycles. The molecule has 0 saturated heterocycles. The molecule has 0 spiro atoms. The van der Waals surface area contributed by atoms with Crippen LogP contribution >= 0.6 is 34.3 Å². The van der Waals surface area contributed by atoms with Gasteiger partial charge >= 0.3 is 5.97 Å². The molecule has 0 saturated carbocycles. The molecule has 5 aromatic rings. The lowest BCUT2D eigenvalue weighted by Gasteiger charge is -2.24. The SMILES string of the molecule is CCOC(=O)C1=C(c2ccccc2)N=c2s/c(=C\c3cc(Cl)ccc3OCc3ccc([N+](=O)[O-])cc3)c(=O)n2[C@H]1c1cccs1. The summed E-state index contributed by atoms with van der Waals surface area (Å²) in [7, 11) is 0. The first-order valence-corrected chi connectivity index (χ1v) is 15.9. The van der Waals surface area contributed by atoms with Crippen molar-refractivity contribution in [2.45, 2.75) is 19.6 Å². The quantitative estimate of drug-likeness (QED) is 0.107. The Labute approximate surface area is 269 Å². The van der Waals surface area contributed by atoms with Gasteiger partial charge in [-0.25, -0.2) is 9.79 Å². The third-order valence-electron chi connectivity index (χ3n) is 6.99. The van der Waals surface area contributed by atoms with E-state index < -0.39 is 16.9 Å². The molecule has 226 valence electrons. The van der Waals surface area contributed by atoms with Crippen molar-refractivity contribution in [1.82, 2.24) is 4.57 Å². The largest absolute Gasteiger partial charge is 0.488 e. The number of carbonyl (C=O) groups is 1. The van der Waals surface area contributed by atoms with Crippen molar-refractivity contribution in [2.24, 2.45) is 4.99 Å². The number of nitro groups is 1. The van der Waals surface area contributed by atoms with Crippen molar-refractivity contribution in [2.75, 3.05) is 6.61 Å². The lowest BCUT2D eigenvalue weighted by Crippen LogP contribution is -2.39. The van der Waals surface area contributed by atoms with Crippen LogP contribution in [0.1, 0.15) is 34.5 Å². The summed E-state index contributed by atoms with van der Waals surface area (Å²) in [5.41, 5.74) is 2.44. The molecule has 0 radical (unpaired) electrons. The fourth-order valence-corrected chi connectivity index (χ4v) is 6.93. The van der Waals surface area contributed by atoms with Crippen molar-refractivity contribution in [3.05, 3.63) is 152 Å². The molecule has 45 heavy (non-hydrogen) atoms. The van der Waals surface area contributed by atoms with Gasteiger partial charge in [-0.2, -0.15) is 0 Å². The van der Waals surface area contributed by atoms with Crippen LogP contribution in [0, 0.1) is 10.1 Å². The van der Waals surface area contributed by atoms with Crippen LogP contribution in [0.15, 0.2) is 106 Å². The molecule has 1 atom stereocenters. The maximum Gasteiger partial charge on any atom is 0.338 e. The highest BCUT2D eigenvalue weighted by Crippen LogP contribution is 2.37. The molecular weight excluding hydrogens is 634 g/mol. The van der Waals surface area contributed by atoms with Crippen molar-refractivity contribution >= 4 is 57.7 Å². The standard InChI is InChI=1S/C33H24ClN3O6S2/c1-2-42-32(39)28-29(21-7-4-3-5-8-21)35-33-36(30(28)26-9-6-16-44-26)31(38)27(45-33)18-22-17-23(34)12-15-25(22)43-19-20-10-13-24(14-11-20)37(40)41/h3-18,30H,2,19H2,1H3/b27-18-/t30-/m0/s1. The number of thiazole rings is 1. The number of hydrogen-bond donors (Lipinski definition) is 0. The van der Waals surface area contributed by atoms with Gasteiger partial charge in [-0.15, -0.1) is 11.3 Å². The van der Waals surface area contributed by atoms with Gasteiger partial charge < -0.3 is 9.47 Å². The van der Waals surface area contributed by atoms with E-state index in [0.29, 0.717) is 36.9 Å². The minimum absolute atomic E-state index is 0.0105. The van der Waals surface area contributed by atoms with Crippen LogP contribution in [0.2, 0.25) is 5.02 Å². The van der Waals surface area contributed by atoms with Crippen molar-refractivity contribution in [1.29, 1.82) is 0 Å². The average molecular weight is 658 g/mol. The summed E-state index contributed by atoms with van der Waals surface area (Å²) in [6, 6.07) is 23.6. The van der Waals surface area contributed by atoms with Crippen LogP contribution in [-0.4, -0.2) is 22.1 Å². The van der Waals surface area contributed by atoms with Crippen molar-refractivity contribution < 1.29 is 19.2 Å². The monoisotopic (exact) mass is 657 g/mol. The zero-order valence-electron chi connectivity index (χ0n) is 23.7. The van der Waals surface area contributed by atoms with E-state index in [1.165, 1.54) is 34.8 Å². The number of nitrogens with zero attached hydrogens (tertiary/aromatic N) is 3. The van der Waals surface area contributed by atoms with Gasteiger partial charge in [-0.3, -0.25) is 19.5 Å². The number of ether oxygens (including phenoxy) is 2. The average Bonchev–Trinajstić information content (AvgIpc) is 3.69. The number of aromatic nitrogens is 1. The van der Waals surface area contributed by atoms with Gasteiger partial charge in [0.15, 0.2) is 4.80 Å². The molecule has 1 aliphatic rings. The zero-order chi connectivity index (χ0) is 31.5. The van der Waals surface area contributed by atoms with Gasteiger partial charge in [0.25, 0.3) is 11.2 Å². The second kappa shape index (κ2) is 13.0. The topological polar surface area (TPSA) is 113 Å². The van der Waals surface area contributed by atoms with E-state index in [0.717, 1.165) is 16.0 Å². The highest BCUT2D eigenvalue weighted by molar-refractivity contribution is 7.10. The smallest absolute Gasteiger partial charge is 0.338 e. The van der Waals surface area contributed by atoms with Crippen LogP contribution in [0.3, 0.4) is 0 Å². The highest BCUT2D eigenvalue weighted by atomic mass is 35.5. The molecule has 0 fully saturated rings. The third-order valence-corrected chi connectivity index (χ3v) is 9.13. The summed E-state index contributed by atoms with van der Waals surface area (Å²) in [5.74, 6) is -0.0693. The van der Waals surface area contributed by atoms with Crippen molar-refractivity contribution in [3.8, 4) is 5.75 Å². The van der Waals surface area contributed by atoms with Crippen molar-refractivity contribution in [3.63, 3.8) is 0 Å². The first-order valence-electron chi connectivity index (χ1n) is 13.8. The molecule has 3 heterocycles. The Morgan fingerprint density at radius 3 is 2.56 bits per heavy atom. The Balaban J connectivity index is 1.47. The highest BCUT2D eigenvalue weighted by Gasteiger charge is 2.35. The van der Waals surface area contributed by atoms with E-state index in [4.69, 9.17) is 26.1 Å². The maximum atomic E-state index is 14.1. The predicted molar refractivity (Wildman–Crippen MR) is 174 cm³/mol. The molecule has 2 aromatic heterocycles. The lowest BCUT2D eigenvalue weighted by molar-refractivity contribution is -0.384. The molecule has 0 N–H and O–H groups in total. The van der Waals surface area contributed by atoms with Crippen LogP contribution in [-0.2, 0) is 16.1 Å². The Morgan fingerprint density at radius 2 is 1.87 bits per heavy atom. The number of benzene rings is 3. The molecule has 3 aromatic carbocycles. The van der Waals surface area contributed by atoms with E-state index in [-0.39, 0.29) is 24.5 Å². The lowest BCUT2D eigenvalue weighted by atomic mass is 9.97. The number of carbonyl (C=O) groups excluding carboxylic acids is 1. The second-order valence-electron chi connectivity index (χ2n) is 9.84. The Hall–Kier alpha value is -4.84. The minimum Gasteiger partial charge on any atom is -0.488 e. The second-order valence-corrected chi connectivity index (χ2v) is 12.3. The maximum absolute atomic E-state index is 14.1. The van der Waals surface area contributed by atoms with Gasteiger partial charge in [0.2, 0.25) is 0 Å². The number of halogens is 1. The van der Waals surface area contributed by atoms with E-state index >= 15 is 0 Å². The number of thiophene rings is 1. The first kappa shape index (κ1) is 30.2. The molecule has 0 bridgehead atoms. The number of fused-ring (bicyclic) bond motifs is 1. The van der Waals surface area contributed by atoms with Crippen LogP contribution in [0.4, 0.5) is 5.69 Å². The van der Waals surface area contributed by atoms with E-state index in [1.807, 2.05) is 47.8 Å². The molecule has 12 heteroatoms. The van der Waals surface area contributed by atoms with Gasteiger partial charge in [0, 0.05) is 33.2 Å². The van der Waals surface area contributed by atoms with Crippen LogP contribution in [0.25, 0.3) is 11.8 Å². The third kappa shape index (κ3) is 6.23. The summed E-state index contributed by atoms with van der Waals surface area (Å²) in [4.78, 5) is 44.3. The minimum atomic E-state index is -0.741. The molecule has 0 amide bonds. The van der Waals surface area contributed by atoms with E-state index in [1.54, 1.807) is 47.9 Å². The molecule has 6 rings (SSSR count). The summed E-state index contributed by atoms with van der Waals surface area (Å²) >= 11 is 8.99. The normalized spacial score (nSPS) is 14.5. The summed E-state index contributed by atoms with van der Waals surface area (Å²) in [6.45, 7) is 2.05. The Bertz CT molecular complexity index is 2100. The summed E-state index contributed by atoms with van der Waals surface area (Å²) in [6.07, 6.45) is 1.70. The van der Waals surface area contributed by atoms with Crippen LogP contribution in [0.5, 0.6) is 5.75 Å². The number of rotatable bonds is 9. The van der Waals surface area contributed by atoms with Gasteiger partial charge in [-0.05, 0) is 60.3 Å².